The molecule has 5 heteroatoms. The van der Waals surface area contributed by atoms with Crippen LogP contribution in [0.2, 0.25) is 0 Å². The third kappa shape index (κ3) is 2.76. The molecular weight excluding hydrogens is 265 g/mol. The Hall–Kier alpha value is -1.88. The van der Waals surface area contributed by atoms with Gasteiger partial charge in [-0.25, -0.2) is 4.39 Å². The maximum Gasteiger partial charge on any atom is 0.257 e. The first-order valence-electron chi connectivity index (χ1n) is 5.79. The van der Waals surface area contributed by atoms with Crippen molar-refractivity contribution >= 4 is 17.2 Å². The van der Waals surface area contributed by atoms with E-state index in [9.17, 15) is 9.18 Å². The van der Waals surface area contributed by atoms with Crippen molar-refractivity contribution < 1.29 is 14.3 Å². The zero-order chi connectivity index (χ0) is 14.0. The molecule has 2 rings (SSSR count). The summed E-state index contributed by atoms with van der Waals surface area (Å²) >= 11 is 1.55. The Balaban J connectivity index is 2.24. The first-order valence-corrected chi connectivity index (χ1v) is 6.67. The lowest BCUT2D eigenvalue weighted by molar-refractivity contribution is 0.0740. The zero-order valence-electron chi connectivity index (χ0n) is 10.6. The molecule has 1 N–H and O–H groups in total. The van der Waals surface area contributed by atoms with Crippen molar-refractivity contribution in [1.29, 1.82) is 0 Å². The van der Waals surface area contributed by atoms with Crippen LogP contribution in [-0.2, 0) is 0 Å². The van der Waals surface area contributed by atoms with Gasteiger partial charge in [0.25, 0.3) is 5.91 Å². The summed E-state index contributed by atoms with van der Waals surface area (Å²) in [4.78, 5) is 14.7. The van der Waals surface area contributed by atoms with Gasteiger partial charge in [-0.2, -0.15) is 0 Å². The minimum Gasteiger partial charge on any atom is -0.508 e. The van der Waals surface area contributed by atoms with Gasteiger partial charge in [-0.05, 0) is 30.5 Å². The summed E-state index contributed by atoms with van der Waals surface area (Å²) in [5.74, 6) is -1.31. The normalized spacial score (nSPS) is 12.2. The van der Waals surface area contributed by atoms with E-state index in [1.54, 1.807) is 18.4 Å². The van der Waals surface area contributed by atoms with E-state index < -0.39 is 11.7 Å². The molecule has 2 aromatic rings. The SMILES string of the molecule is CC(c1cccs1)N(C)C(=O)c1ccc(O)cc1F. The molecule has 3 nitrogen and oxygen atoms in total. The fourth-order valence-corrected chi connectivity index (χ4v) is 2.59. The standard InChI is InChI=1S/C14H14FNO2S/c1-9(13-4-3-7-19-13)16(2)14(18)11-6-5-10(17)8-12(11)15/h3-9,17H,1-2H3. The Morgan fingerprint density at radius 2 is 2.16 bits per heavy atom. The van der Waals surface area contributed by atoms with Crippen LogP contribution in [-0.4, -0.2) is 23.0 Å². The average Bonchev–Trinajstić information content (AvgIpc) is 2.90. The van der Waals surface area contributed by atoms with Crippen molar-refractivity contribution in [1.82, 2.24) is 4.90 Å². The van der Waals surface area contributed by atoms with Gasteiger partial charge in [0.1, 0.15) is 11.6 Å². The molecule has 1 aromatic heterocycles. The summed E-state index contributed by atoms with van der Waals surface area (Å²) in [6.45, 7) is 1.89. The number of carbonyl (C=O) groups is 1. The lowest BCUT2D eigenvalue weighted by atomic mass is 10.1. The third-order valence-corrected chi connectivity index (χ3v) is 4.08. The van der Waals surface area contributed by atoms with Crippen LogP contribution in [0.4, 0.5) is 4.39 Å². The Kier molecular flexibility index (Phi) is 3.85. The number of halogens is 1. The number of hydrogen-bond acceptors (Lipinski definition) is 3. The highest BCUT2D eigenvalue weighted by Crippen LogP contribution is 2.25. The molecule has 0 spiro atoms. The Labute approximate surface area is 114 Å². The number of amides is 1. The fourth-order valence-electron chi connectivity index (χ4n) is 1.76. The molecule has 0 saturated carbocycles. The first kappa shape index (κ1) is 13.5. The second kappa shape index (κ2) is 5.40. The quantitative estimate of drug-likeness (QED) is 0.935. The number of hydrogen-bond donors (Lipinski definition) is 1. The van der Waals surface area contributed by atoms with Crippen LogP contribution in [0, 0.1) is 5.82 Å². The van der Waals surface area contributed by atoms with Crippen molar-refractivity contribution in [2.24, 2.45) is 0 Å². The summed E-state index contributed by atoms with van der Waals surface area (Å²) < 4.78 is 13.7. The molecule has 1 unspecified atom stereocenters. The van der Waals surface area contributed by atoms with E-state index in [1.807, 2.05) is 24.4 Å². The molecule has 0 aliphatic rings. The number of thiophene rings is 1. The van der Waals surface area contributed by atoms with Gasteiger partial charge in [-0.3, -0.25) is 4.79 Å². The molecular formula is C14H14FNO2S. The van der Waals surface area contributed by atoms with Crippen molar-refractivity contribution in [3.05, 3.63) is 52.0 Å². The van der Waals surface area contributed by atoms with Gasteiger partial charge in [0, 0.05) is 18.0 Å². The number of carbonyl (C=O) groups excluding carboxylic acids is 1. The molecule has 100 valence electrons. The highest BCUT2D eigenvalue weighted by atomic mass is 32.1. The average molecular weight is 279 g/mol. The van der Waals surface area contributed by atoms with Crippen molar-refractivity contribution in [2.75, 3.05) is 7.05 Å². The van der Waals surface area contributed by atoms with E-state index in [1.165, 1.54) is 17.0 Å². The summed E-state index contributed by atoms with van der Waals surface area (Å²) in [7, 11) is 1.64. The molecule has 0 radical (unpaired) electrons. The van der Waals surface area contributed by atoms with Crippen LogP contribution in [0.3, 0.4) is 0 Å². The minimum atomic E-state index is -0.713. The molecule has 1 atom stereocenters. The fraction of sp³-hybridized carbons (Fsp3) is 0.214. The van der Waals surface area contributed by atoms with E-state index in [0.717, 1.165) is 10.9 Å². The Morgan fingerprint density at radius 3 is 2.74 bits per heavy atom. The van der Waals surface area contributed by atoms with Gasteiger partial charge in [0.2, 0.25) is 0 Å². The number of phenolic OH excluding ortho intramolecular Hbond substituents is 1. The van der Waals surface area contributed by atoms with E-state index in [0.29, 0.717) is 0 Å². The molecule has 0 saturated heterocycles. The van der Waals surface area contributed by atoms with Gasteiger partial charge in [-0.1, -0.05) is 6.07 Å². The molecule has 1 heterocycles. The summed E-state index contributed by atoms with van der Waals surface area (Å²) in [6, 6.07) is 7.27. The lowest BCUT2D eigenvalue weighted by Crippen LogP contribution is -2.29. The second-order valence-corrected chi connectivity index (χ2v) is 5.25. The van der Waals surface area contributed by atoms with E-state index in [2.05, 4.69) is 0 Å². The summed E-state index contributed by atoms with van der Waals surface area (Å²) in [5, 5.41) is 11.1. The first-order chi connectivity index (χ1) is 9.00. The highest BCUT2D eigenvalue weighted by molar-refractivity contribution is 7.10. The minimum absolute atomic E-state index is 0.0382. The maximum atomic E-state index is 13.7. The predicted molar refractivity (Wildman–Crippen MR) is 72.9 cm³/mol. The summed E-state index contributed by atoms with van der Waals surface area (Å²) in [6.07, 6.45) is 0. The third-order valence-electron chi connectivity index (χ3n) is 3.04. The number of aromatic hydroxyl groups is 1. The molecule has 19 heavy (non-hydrogen) atoms. The van der Waals surface area contributed by atoms with Crippen molar-refractivity contribution in [3.8, 4) is 5.75 Å². The van der Waals surface area contributed by atoms with Crippen LogP contribution >= 0.6 is 11.3 Å². The van der Waals surface area contributed by atoms with Crippen LogP contribution < -0.4 is 0 Å². The van der Waals surface area contributed by atoms with Gasteiger partial charge < -0.3 is 10.0 Å². The number of rotatable bonds is 3. The number of nitrogens with zero attached hydrogens (tertiary/aromatic N) is 1. The maximum absolute atomic E-state index is 13.7. The molecule has 0 bridgehead atoms. The van der Waals surface area contributed by atoms with Crippen molar-refractivity contribution in [2.45, 2.75) is 13.0 Å². The molecule has 1 aromatic carbocycles. The molecule has 0 aliphatic heterocycles. The monoisotopic (exact) mass is 279 g/mol. The largest absolute Gasteiger partial charge is 0.508 e. The Bertz CT molecular complexity index is 583. The predicted octanol–water partition coefficient (Wildman–Crippen LogP) is 3.43. The molecule has 0 fully saturated rings. The number of benzene rings is 1. The van der Waals surface area contributed by atoms with E-state index in [-0.39, 0.29) is 17.4 Å². The second-order valence-electron chi connectivity index (χ2n) is 4.27. The zero-order valence-corrected chi connectivity index (χ0v) is 11.4. The topological polar surface area (TPSA) is 40.5 Å². The Morgan fingerprint density at radius 1 is 1.42 bits per heavy atom. The van der Waals surface area contributed by atoms with Gasteiger partial charge >= 0.3 is 0 Å². The summed E-state index contributed by atoms with van der Waals surface area (Å²) in [5.41, 5.74) is -0.0382. The van der Waals surface area contributed by atoms with Crippen LogP contribution in [0.5, 0.6) is 5.75 Å². The highest BCUT2D eigenvalue weighted by Gasteiger charge is 2.22. The number of phenols is 1. The smallest absolute Gasteiger partial charge is 0.257 e. The van der Waals surface area contributed by atoms with Crippen LogP contribution in [0.25, 0.3) is 0 Å². The molecule has 1 amide bonds. The van der Waals surface area contributed by atoms with Crippen LogP contribution in [0.15, 0.2) is 35.7 Å². The van der Waals surface area contributed by atoms with E-state index >= 15 is 0 Å². The van der Waals surface area contributed by atoms with E-state index in [4.69, 9.17) is 5.11 Å². The van der Waals surface area contributed by atoms with Crippen LogP contribution in [0.1, 0.15) is 28.2 Å². The van der Waals surface area contributed by atoms with Gasteiger partial charge in [-0.15, -0.1) is 11.3 Å². The van der Waals surface area contributed by atoms with Gasteiger partial charge in [0.05, 0.1) is 11.6 Å². The molecule has 0 aliphatic carbocycles. The lowest BCUT2D eigenvalue weighted by Gasteiger charge is -2.24. The van der Waals surface area contributed by atoms with Crippen molar-refractivity contribution in [3.63, 3.8) is 0 Å². The van der Waals surface area contributed by atoms with Gasteiger partial charge in [0.15, 0.2) is 0 Å².